The summed E-state index contributed by atoms with van der Waals surface area (Å²) >= 11 is 0. The van der Waals surface area contributed by atoms with Crippen LogP contribution in [-0.2, 0) is 11.3 Å². The van der Waals surface area contributed by atoms with E-state index in [1.807, 2.05) is 18.3 Å². The molecule has 2 amide bonds. The highest BCUT2D eigenvalue weighted by molar-refractivity contribution is 5.98. The number of aryl methyl sites for hydroxylation is 1. The molecule has 4 aromatic rings. The van der Waals surface area contributed by atoms with Crippen LogP contribution in [0.15, 0.2) is 79.1 Å². The van der Waals surface area contributed by atoms with Crippen LogP contribution in [0.3, 0.4) is 0 Å². The van der Waals surface area contributed by atoms with Crippen molar-refractivity contribution < 1.29 is 14.3 Å². The van der Waals surface area contributed by atoms with Crippen molar-refractivity contribution in [3.8, 4) is 11.1 Å². The van der Waals surface area contributed by atoms with Gasteiger partial charge in [0.25, 0.3) is 0 Å². The summed E-state index contributed by atoms with van der Waals surface area (Å²) in [6.45, 7) is 4.49. The lowest BCUT2D eigenvalue weighted by molar-refractivity contribution is 0.0526. The lowest BCUT2D eigenvalue weighted by atomic mass is 9.96. The molecule has 0 unspecified atom stereocenters. The van der Waals surface area contributed by atoms with E-state index in [0.29, 0.717) is 24.4 Å². The van der Waals surface area contributed by atoms with Gasteiger partial charge in [0, 0.05) is 30.0 Å². The van der Waals surface area contributed by atoms with Crippen LogP contribution in [0, 0.1) is 6.92 Å². The van der Waals surface area contributed by atoms with Gasteiger partial charge in [-0.3, -0.25) is 4.98 Å². The van der Waals surface area contributed by atoms with Gasteiger partial charge in [-0.05, 0) is 66.3 Å². The molecule has 0 fully saturated rings. The molecule has 0 aliphatic heterocycles. The number of nitrogens with zero attached hydrogens (tertiary/aromatic N) is 1. The van der Waals surface area contributed by atoms with Gasteiger partial charge in [-0.2, -0.15) is 0 Å². The van der Waals surface area contributed by atoms with Gasteiger partial charge in [-0.15, -0.1) is 0 Å². The van der Waals surface area contributed by atoms with E-state index in [9.17, 15) is 9.59 Å². The van der Waals surface area contributed by atoms with Crippen LogP contribution < -0.4 is 10.6 Å². The Morgan fingerprint density at radius 1 is 0.909 bits per heavy atom. The van der Waals surface area contributed by atoms with Crippen LogP contribution >= 0.6 is 0 Å². The van der Waals surface area contributed by atoms with Gasteiger partial charge in [0.2, 0.25) is 0 Å². The molecule has 0 saturated heterocycles. The zero-order valence-electron chi connectivity index (χ0n) is 18.6. The number of aromatic nitrogens is 1. The maximum absolute atomic E-state index is 12.4. The predicted molar refractivity (Wildman–Crippen MR) is 130 cm³/mol. The van der Waals surface area contributed by atoms with Crippen molar-refractivity contribution in [2.75, 3.05) is 11.9 Å². The normalized spacial score (nSPS) is 10.6. The van der Waals surface area contributed by atoms with Crippen molar-refractivity contribution in [2.24, 2.45) is 0 Å². The second kappa shape index (κ2) is 9.96. The van der Waals surface area contributed by atoms with Crippen molar-refractivity contribution >= 4 is 28.5 Å². The first-order valence-electron chi connectivity index (χ1n) is 10.8. The number of hydrogen-bond acceptors (Lipinski definition) is 4. The largest absolute Gasteiger partial charge is 0.462 e. The standard InChI is InChI=1S/C27H25N3O3/c1-3-33-26(31)20-8-11-22(12-9-20)30-27(32)29-16-21-10-13-23(19-6-4-18(2)5-7-19)24-14-15-28-17-25(21)24/h4-15,17H,3,16H2,1-2H3,(H2,29,30,32). The van der Waals surface area contributed by atoms with Crippen molar-refractivity contribution in [3.05, 3.63) is 95.8 Å². The molecular weight excluding hydrogens is 414 g/mol. The highest BCUT2D eigenvalue weighted by atomic mass is 16.5. The highest BCUT2D eigenvalue weighted by Gasteiger charge is 2.10. The van der Waals surface area contributed by atoms with E-state index in [1.54, 1.807) is 37.4 Å². The molecule has 1 heterocycles. The Hall–Kier alpha value is -4.19. The minimum absolute atomic E-state index is 0.317. The number of esters is 1. The second-order valence-corrected chi connectivity index (χ2v) is 7.67. The fourth-order valence-corrected chi connectivity index (χ4v) is 3.64. The average molecular weight is 440 g/mol. The monoisotopic (exact) mass is 439 g/mol. The lowest BCUT2D eigenvalue weighted by Crippen LogP contribution is -2.28. The Bertz CT molecular complexity index is 1280. The van der Waals surface area contributed by atoms with Gasteiger partial charge in [0.15, 0.2) is 0 Å². The Morgan fingerprint density at radius 3 is 2.39 bits per heavy atom. The third-order valence-electron chi connectivity index (χ3n) is 5.36. The summed E-state index contributed by atoms with van der Waals surface area (Å²) in [7, 11) is 0. The van der Waals surface area contributed by atoms with Crippen molar-refractivity contribution in [1.29, 1.82) is 0 Å². The molecule has 0 aliphatic rings. The van der Waals surface area contributed by atoms with E-state index in [1.165, 1.54) is 5.56 Å². The number of fused-ring (bicyclic) bond motifs is 1. The van der Waals surface area contributed by atoms with E-state index < -0.39 is 0 Å². The van der Waals surface area contributed by atoms with Gasteiger partial charge in [0.1, 0.15) is 0 Å². The Morgan fingerprint density at radius 2 is 1.67 bits per heavy atom. The fourth-order valence-electron chi connectivity index (χ4n) is 3.64. The number of rotatable bonds is 6. The minimum atomic E-state index is -0.386. The first-order chi connectivity index (χ1) is 16.0. The number of hydrogen-bond donors (Lipinski definition) is 2. The molecule has 0 saturated carbocycles. The van der Waals surface area contributed by atoms with Crippen molar-refractivity contribution in [1.82, 2.24) is 10.3 Å². The van der Waals surface area contributed by atoms with E-state index in [0.717, 1.165) is 27.5 Å². The summed E-state index contributed by atoms with van der Waals surface area (Å²) in [5, 5.41) is 7.76. The molecule has 4 rings (SSSR count). The van der Waals surface area contributed by atoms with Gasteiger partial charge in [-0.1, -0.05) is 42.0 Å². The van der Waals surface area contributed by atoms with Gasteiger partial charge < -0.3 is 15.4 Å². The zero-order valence-corrected chi connectivity index (χ0v) is 18.6. The first kappa shape index (κ1) is 22.0. The molecule has 1 aromatic heterocycles. The zero-order chi connectivity index (χ0) is 23.2. The number of nitrogens with one attached hydrogen (secondary N) is 2. The smallest absolute Gasteiger partial charge is 0.338 e. The summed E-state index contributed by atoms with van der Waals surface area (Å²) in [5.74, 6) is -0.386. The second-order valence-electron chi connectivity index (χ2n) is 7.67. The molecule has 166 valence electrons. The summed E-state index contributed by atoms with van der Waals surface area (Å²) < 4.78 is 4.97. The Kier molecular flexibility index (Phi) is 6.64. The number of pyridine rings is 1. The molecule has 3 aromatic carbocycles. The fraction of sp³-hybridized carbons (Fsp3) is 0.148. The molecule has 6 heteroatoms. The van der Waals surface area contributed by atoms with Crippen LogP contribution in [0.4, 0.5) is 10.5 Å². The Balaban J connectivity index is 1.46. The number of ether oxygens (including phenoxy) is 1. The summed E-state index contributed by atoms with van der Waals surface area (Å²) in [4.78, 5) is 28.5. The molecule has 0 radical (unpaired) electrons. The number of benzene rings is 3. The van der Waals surface area contributed by atoms with E-state index in [2.05, 4.69) is 52.9 Å². The molecule has 0 bridgehead atoms. The molecule has 0 spiro atoms. The van der Waals surface area contributed by atoms with E-state index in [-0.39, 0.29) is 12.0 Å². The number of carbonyl (C=O) groups is 2. The quantitative estimate of drug-likeness (QED) is 0.377. The molecule has 0 atom stereocenters. The van der Waals surface area contributed by atoms with Crippen molar-refractivity contribution in [3.63, 3.8) is 0 Å². The first-order valence-corrected chi connectivity index (χ1v) is 10.8. The van der Waals surface area contributed by atoms with Crippen LogP contribution in [0.1, 0.15) is 28.4 Å². The number of carbonyl (C=O) groups excluding carboxylic acids is 2. The van der Waals surface area contributed by atoms with Gasteiger partial charge in [-0.25, -0.2) is 9.59 Å². The summed E-state index contributed by atoms with van der Waals surface area (Å²) in [6.07, 6.45) is 3.61. The number of urea groups is 1. The molecule has 0 aliphatic carbocycles. The molecule has 6 nitrogen and oxygen atoms in total. The van der Waals surface area contributed by atoms with Gasteiger partial charge >= 0.3 is 12.0 Å². The number of anilines is 1. The van der Waals surface area contributed by atoms with Gasteiger partial charge in [0.05, 0.1) is 12.2 Å². The molecular formula is C27H25N3O3. The van der Waals surface area contributed by atoms with E-state index in [4.69, 9.17) is 4.74 Å². The topological polar surface area (TPSA) is 80.3 Å². The Labute approximate surface area is 192 Å². The highest BCUT2D eigenvalue weighted by Crippen LogP contribution is 2.30. The summed E-state index contributed by atoms with van der Waals surface area (Å²) in [6, 6.07) is 20.8. The summed E-state index contributed by atoms with van der Waals surface area (Å²) in [5.41, 5.74) is 5.48. The molecule has 33 heavy (non-hydrogen) atoms. The third-order valence-corrected chi connectivity index (χ3v) is 5.36. The lowest BCUT2D eigenvalue weighted by Gasteiger charge is -2.13. The van der Waals surface area contributed by atoms with E-state index >= 15 is 0 Å². The van der Waals surface area contributed by atoms with Crippen LogP contribution in [-0.4, -0.2) is 23.6 Å². The van der Waals surface area contributed by atoms with Crippen molar-refractivity contribution in [2.45, 2.75) is 20.4 Å². The van der Waals surface area contributed by atoms with Crippen LogP contribution in [0.5, 0.6) is 0 Å². The van der Waals surface area contributed by atoms with Crippen LogP contribution in [0.25, 0.3) is 21.9 Å². The predicted octanol–water partition coefficient (Wildman–Crippen LogP) is 5.71. The third kappa shape index (κ3) is 5.18. The maximum atomic E-state index is 12.4. The maximum Gasteiger partial charge on any atom is 0.338 e. The minimum Gasteiger partial charge on any atom is -0.462 e. The average Bonchev–Trinajstić information content (AvgIpc) is 2.84. The van der Waals surface area contributed by atoms with Crippen LogP contribution in [0.2, 0.25) is 0 Å². The number of amides is 2. The molecule has 2 N–H and O–H groups in total. The SMILES string of the molecule is CCOC(=O)c1ccc(NC(=O)NCc2ccc(-c3ccc(C)cc3)c3ccncc23)cc1.